The van der Waals surface area contributed by atoms with Gasteiger partial charge in [-0.15, -0.1) is 11.3 Å². The van der Waals surface area contributed by atoms with Gasteiger partial charge in [0.2, 0.25) is 0 Å². The van der Waals surface area contributed by atoms with Gasteiger partial charge in [-0.1, -0.05) is 41.4 Å². The number of halogens is 2. The highest BCUT2D eigenvalue weighted by Gasteiger charge is 2.33. The van der Waals surface area contributed by atoms with Gasteiger partial charge in [-0.2, -0.15) is 0 Å². The maximum Gasteiger partial charge on any atom is 0.266 e. The standard InChI is InChI=1S/C12H9Cl2NO2S2/c13-11-7-10(12(14)18-11)19(16,17)15-6-5-8-3-1-2-4-9(8)15/h1-4,7H,5-6H2. The van der Waals surface area contributed by atoms with Crippen LogP contribution in [0.1, 0.15) is 5.56 Å². The SMILES string of the molecule is O=S(=O)(c1cc(Cl)sc1Cl)N1CCc2ccccc21. The van der Waals surface area contributed by atoms with Gasteiger partial charge in [-0.25, -0.2) is 8.42 Å². The second-order valence-corrected chi connectivity index (χ2v) is 8.26. The minimum atomic E-state index is -3.63. The summed E-state index contributed by atoms with van der Waals surface area (Å²) >= 11 is 12.9. The van der Waals surface area contributed by atoms with Gasteiger partial charge < -0.3 is 0 Å². The smallest absolute Gasteiger partial charge is 0.266 e. The molecule has 7 heteroatoms. The van der Waals surface area contributed by atoms with E-state index in [1.165, 1.54) is 10.4 Å². The molecule has 1 aromatic heterocycles. The van der Waals surface area contributed by atoms with E-state index < -0.39 is 10.0 Å². The van der Waals surface area contributed by atoms with Crippen molar-refractivity contribution in [3.05, 3.63) is 44.6 Å². The van der Waals surface area contributed by atoms with Gasteiger partial charge in [0.05, 0.1) is 10.0 Å². The maximum absolute atomic E-state index is 12.6. The third-order valence-electron chi connectivity index (χ3n) is 3.04. The predicted molar refractivity (Wildman–Crippen MR) is 79.0 cm³/mol. The van der Waals surface area contributed by atoms with E-state index in [2.05, 4.69) is 0 Å². The Labute approximate surface area is 125 Å². The molecule has 2 aromatic rings. The first kappa shape index (κ1) is 13.2. The molecule has 0 spiro atoms. The largest absolute Gasteiger partial charge is 0.266 e. The zero-order chi connectivity index (χ0) is 13.6. The Kier molecular flexibility index (Phi) is 3.25. The highest BCUT2D eigenvalue weighted by molar-refractivity contribution is 7.93. The van der Waals surface area contributed by atoms with Crippen LogP contribution in [0.3, 0.4) is 0 Å². The van der Waals surface area contributed by atoms with E-state index in [9.17, 15) is 8.42 Å². The van der Waals surface area contributed by atoms with Crippen LogP contribution in [0.5, 0.6) is 0 Å². The van der Waals surface area contributed by atoms with Crippen molar-refractivity contribution in [3.8, 4) is 0 Å². The molecule has 19 heavy (non-hydrogen) atoms. The summed E-state index contributed by atoms with van der Waals surface area (Å²) in [6.07, 6.45) is 0.713. The molecule has 1 aliphatic rings. The van der Waals surface area contributed by atoms with E-state index in [1.54, 1.807) is 0 Å². The second kappa shape index (κ2) is 4.66. The summed E-state index contributed by atoms with van der Waals surface area (Å²) in [5.41, 5.74) is 1.75. The Morgan fingerprint density at radius 1 is 1.21 bits per heavy atom. The predicted octanol–water partition coefficient (Wildman–Crippen LogP) is 3.81. The van der Waals surface area contributed by atoms with Gasteiger partial charge in [0.1, 0.15) is 9.23 Å². The molecule has 0 fully saturated rings. The molecule has 1 aromatic carbocycles. The fourth-order valence-electron chi connectivity index (χ4n) is 2.18. The number of hydrogen-bond acceptors (Lipinski definition) is 3. The Morgan fingerprint density at radius 3 is 2.63 bits per heavy atom. The number of thiophene rings is 1. The van der Waals surface area contributed by atoms with E-state index in [1.807, 2.05) is 24.3 Å². The number of anilines is 1. The average Bonchev–Trinajstić information content (AvgIpc) is 2.93. The third kappa shape index (κ3) is 2.14. The van der Waals surface area contributed by atoms with Crippen molar-refractivity contribution in [1.82, 2.24) is 0 Å². The molecule has 0 aliphatic carbocycles. The molecule has 0 saturated heterocycles. The zero-order valence-electron chi connectivity index (χ0n) is 9.64. The Hall–Kier alpha value is -0.750. The quantitative estimate of drug-likeness (QED) is 0.838. The summed E-state index contributed by atoms with van der Waals surface area (Å²) in [5, 5.41) is 0. The molecule has 3 rings (SSSR count). The minimum Gasteiger partial charge on any atom is -0.266 e. The van der Waals surface area contributed by atoms with Crippen molar-refractivity contribution >= 4 is 50.2 Å². The lowest BCUT2D eigenvalue weighted by Gasteiger charge is -2.18. The number of rotatable bonds is 2. The van der Waals surface area contributed by atoms with Crippen molar-refractivity contribution in [3.63, 3.8) is 0 Å². The number of nitrogens with zero attached hydrogens (tertiary/aromatic N) is 1. The topological polar surface area (TPSA) is 37.4 Å². The summed E-state index contributed by atoms with van der Waals surface area (Å²) in [6.45, 7) is 0.436. The fourth-order valence-corrected chi connectivity index (χ4v) is 5.80. The van der Waals surface area contributed by atoms with Crippen molar-refractivity contribution in [2.45, 2.75) is 11.3 Å². The van der Waals surface area contributed by atoms with E-state index in [-0.39, 0.29) is 9.23 Å². The van der Waals surface area contributed by atoms with Gasteiger partial charge in [0.15, 0.2) is 0 Å². The molecule has 2 heterocycles. The first-order chi connectivity index (χ1) is 9.00. The van der Waals surface area contributed by atoms with Gasteiger partial charge in [-0.05, 0) is 24.1 Å². The minimum absolute atomic E-state index is 0.0841. The van der Waals surface area contributed by atoms with Crippen molar-refractivity contribution < 1.29 is 8.42 Å². The highest BCUT2D eigenvalue weighted by Crippen LogP contribution is 2.39. The van der Waals surface area contributed by atoms with Crippen LogP contribution in [0.15, 0.2) is 35.2 Å². The molecule has 0 N–H and O–H groups in total. The summed E-state index contributed by atoms with van der Waals surface area (Å²) in [5.74, 6) is 0. The summed E-state index contributed by atoms with van der Waals surface area (Å²) in [7, 11) is -3.63. The van der Waals surface area contributed by atoms with Crippen LogP contribution in [-0.2, 0) is 16.4 Å². The number of benzene rings is 1. The Balaban J connectivity index is 2.11. The molecule has 0 saturated carbocycles. The van der Waals surface area contributed by atoms with Crippen LogP contribution in [0, 0.1) is 0 Å². The Bertz CT molecular complexity index is 740. The molecule has 0 radical (unpaired) electrons. The van der Waals surface area contributed by atoms with Crippen LogP contribution in [-0.4, -0.2) is 15.0 Å². The van der Waals surface area contributed by atoms with E-state index >= 15 is 0 Å². The molecular formula is C12H9Cl2NO2S2. The average molecular weight is 334 g/mol. The Morgan fingerprint density at radius 2 is 1.95 bits per heavy atom. The van der Waals surface area contributed by atoms with Crippen LogP contribution in [0.4, 0.5) is 5.69 Å². The molecule has 0 amide bonds. The molecule has 0 unspecified atom stereocenters. The summed E-state index contributed by atoms with van der Waals surface area (Å²) < 4.78 is 27.2. The number of sulfonamides is 1. The van der Waals surface area contributed by atoms with Crippen LogP contribution in [0.25, 0.3) is 0 Å². The highest BCUT2D eigenvalue weighted by atomic mass is 35.5. The van der Waals surface area contributed by atoms with E-state index in [0.29, 0.717) is 17.3 Å². The number of hydrogen-bond donors (Lipinski definition) is 0. The molecular weight excluding hydrogens is 325 g/mol. The summed E-state index contributed by atoms with van der Waals surface area (Å²) in [4.78, 5) is 0.0841. The van der Waals surface area contributed by atoms with Gasteiger partial charge >= 0.3 is 0 Å². The third-order valence-corrected chi connectivity index (χ3v) is 6.60. The van der Waals surface area contributed by atoms with Gasteiger partial charge in [0.25, 0.3) is 10.0 Å². The van der Waals surface area contributed by atoms with Crippen molar-refractivity contribution in [1.29, 1.82) is 0 Å². The van der Waals surface area contributed by atoms with Crippen molar-refractivity contribution in [2.75, 3.05) is 10.8 Å². The van der Waals surface area contributed by atoms with Crippen LogP contribution >= 0.6 is 34.5 Å². The number of fused-ring (bicyclic) bond motifs is 1. The lowest BCUT2D eigenvalue weighted by Crippen LogP contribution is -2.28. The second-order valence-electron chi connectivity index (χ2n) is 4.14. The molecule has 1 aliphatic heterocycles. The molecule has 3 nitrogen and oxygen atoms in total. The molecule has 100 valence electrons. The number of para-hydroxylation sites is 1. The van der Waals surface area contributed by atoms with Crippen LogP contribution in [0.2, 0.25) is 8.67 Å². The van der Waals surface area contributed by atoms with Gasteiger partial charge in [0, 0.05) is 6.54 Å². The van der Waals surface area contributed by atoms with E-state index in [0.717, 1.165) is 22.6 Å². The first-order valence-corrected chi connectivity index (χ1v) is 8.57. The lowest BCUT2D eigenvalue weighted by molar-refractivity contribution is 0.593. The molecule has 0 bridgehead atoms. The maximum atomic E-state index is 12.6. The fraction of sp³-hybridized carbons (Fsp3) is 0.167. The molecule has 0 atom stereocenters. The monoisotopic (exact) mass is 333 g/mol. The first-order valence-electron chi connectivity index (χ1n) is 5.55. The van der Waals surface area contributed by atoms with E-state index in [4.69, 9.17) is 23.2 Å². The van der Waals surface area contributed by atoms with Gasteiger partial charge in [-0.3, -0.25) is 4.31 Å². The van der Waals surface area contributed by atoms with Crippen LogP contribution < -0.4 is 4.31 Å². The summed E-state index contributed by atoms with van der Waals surface area (Å²) in [6, 6.07) is 8.89. The lowest BCUT2D eigenvalue weighted by atomic mass is 10.2. The van der Waals surface area contributed by atoms with Crippen molar-refractivity contribution in [2.24, 2.45) is 0 Å². The normalized spacial score (nSPS) is 14.7. The zero-order valence-corrected chi connectivity index (χ0v) is 12.8.